The Bertz CT molecular complexity index is 1600. The van der Waals surface area contributed by atoms with E-state index in [0.29, 0.717) is 13.2 Å². The SMILES string of the molecule is CC1=Cc2c(-c3ccccc3)cccc2[CH]1[Zr]([CH]1C(C(C)C)=Cc2c(-c3ccccc3)cccc21)=[Si](C)C. The maximum atomic E-state index is 2.63. The summed E-state index contributed by atoms with van der Waals surface area (Å²) in [6.45, 7) is 12.5. The number of fused-ring (bicyclic) bond motifs is 2. The van der Waals surface area contributed by atoms with Crippen molar-refractivity contribution in [1.29, 1.82) is 0 Å². The predicted octanol–water partition coefficient (Wildman–Crippen LogP) is 10.1. The molecule has 0 nitrogen and oxygen atoms in total. The van der Waals surface area contributed by atoms with Gasteiger partial charge in [-0.15, -0.1) is 0 Å². The molecule has 4 aromatic rings. The van der Waals surface area contributed by atoms with Gasteiger partial charge in [-0.05, 0) is 0 Å². The Balaban J connectivity index is 1.52. The Labute approximate surface area is 236 Å². The first kappa shape index (κ1) is 25.7. The molecule has 0 bridgehead atoms. The van der Waals surface area contributed by atoms with Crippen LogP contribution < -0.4 is 0 Å². The molecule has 6 rings (SSSR count). The summed E-state index contributed by atoms with van der Waals surface area (Å²) in [7, 11) is 0. The van der Waals surface area contributed by atoms with Crippen molar-refractivity contribution in [1.82, 2.24) is 0 Å². The molecule has 0 radical (unpaired) electrons. The summed E-state index contributed by atoms with van der Waals surface area (Å²) in [5.41, 5.74) is 14.5. The zero-order chi connectivity index (χ0) is 26.4. The summed E-state index contributed by atoms with van der Waals surface area (Å²) in [6, 6.07) is 36.2. The van der Waals surface area contributed by atoms with Gasteiger partial charge in [-0.3, -0.25) is 0 Å². The van der Waals surface area contributed by atoms with Crippen LogP contribution in [0.5, 0.6) is 0 Å². The molecule has 188 valence electrons. The van der Waals surface area contributed by atoms with Crippen molar-refractivity contribution in [3.05, 3.63) is 130 Å². The van der Waals surface area contributed by atoms with Gasteiger partial charge in [0.1, 0.15) is 0 Å². The Morgan fingerprint density at radius 2 is 1.11 bits per heavy atom. The van der Waals surface area contributed by atoms with Gasteiger partial charge in [0.05, 0.1) is 0 Å². The molecular formula is C36H36SiZr. The first-order valence-corrected chi connectivity index (χ1v) is 22.9. The average Bonchev–Trinajstić information content (AvgIpc) is 3.48. The first-order valence-electron chi connectivity index (χ1n) is 13.9. The van der Waals surface area contributed by atoms with Gasteiger partial charge >= 0.3 is 238 Å². The summed E-state index contributed by atoms with van der Waals surface area (Å²) in [4.78, 5) is 0. The van der Waals surface area contributed by atoms with Crippen LogP contribution in [0.15, 0.2) is 108 Å². The Kier molecular flexibility index (Phi) is 7.14. The van der Waals surface area contributed by atoms with Crippen molar-refractivity contribution in [2.24, 2.45) is 5.92 Å². The van der Waals surface area contributed by atoms with Crippen LogP contribution in [0.25, 0.3) is 34.4 Å². The molecule has 0 saturated carbocycles. The van der Waals surface area contributed by atoms with E-state index in [0.717, 1.165) is 0 Å². The fourth-order valence-corrected chi connectivity index (χ4v) is 27.6. The van der Waals surface area contributed by atoms with E-state index in [4.69, 9.17) is 0 Å². The molecule has 2 aliphatic rings. The van der Waals surface area contributed by atoms with Gasteiger partial charge < -0.3 is 0 Å². The van der Waals surface area contributed by atoms with Gasteiger partial charge in [-0.2, -0.15) is 0 Å². The Morgan fingerprint density at radius 1 is 0.605 bits per heavy atom. The second-order valence-corrected chi connectivity index (χ2v) is 29.2. The van der Waals surface area contributed by atoms with E-state index in [9.17, 15) is 0 Å². The molecule has 0 saturated heterocycles. The van der Waals surface area contributed by atoms with Crippen LogP contribution in [-0.4, -0.2) is 5.43 Å². The van der Waals surface area contributed by atoms with Crippen molar-refractivity contribution >= 4 is 17.6 Å². The second-order valence-electron chi connectivity index (χ2n) is 11.4. The monoisotopic (exact) mass is 586 g/mol. The van der Waals surface area contributed by atoms with Crippen molar-refractivity contribution in [2.45, 2.75) is 41.1 Å². The number of allylic oxidation sites excluding steroid dienone is 2. The minimum absolute atomic E-state index is 0.459. The van der Waals surface area contributed by atoms with Crippen LogP contribution in [0.1, 0.15) is 50.3 Å². The molecule has 0 aromatic heterocycles. The summed E-state index contributed by atoms with van der Waals surface area (Å²) >= 11 is -2.12. The topological polar surface area (TPSA) is 0 Å². The summed E-state index contributed by atoms with van der Waals surface area (Å²) in [5, 5.41) is 0. The zero-order valence-corrected chi connectivity index (χ0v) is 26.6. The summed E-state index contributed by atoms with van der Waals surface area (Å²) < 4.78 is 1.30. The van der Waals surface area contributed by atoms with Gasteiger partial charge in [0.15, 0.2) is 0 Å². The third-order valence-electron chi connectivity index (χ3n) is 8.41. The van der Waals surface area contributed by atoms with Crippen molar-refractivity contribution in [3.63, 3.8) is 0 Å². The third kappa shape index (κ3) is 4.41. The molecule has 0 amide bonds. The average molecular weight is 588 g/mol. The van der Waals surface area contributed by atoms with Gasteiger partial charge in [-0.1, -0.05) is 0 Å². The molecule has 2 atom stereocenters. The molecule has 2 unspecified atom stereocenters. The molecule has 2 heteroatoms. The third-order valence-corrected chi connectivity index (χ3v) is 28.0. The van der Waals surface area contributed by atoms with E-state index >= 15 is 0 Å². The molecular weight excluding hydrogens is 552 g/mol. The van der Waals surface area contributed by atoms with E-state index in [1.54, 1.807) is 22.3 Å². The van der Waals surface area contributed by atoms with Crippen molar-refractivity contribution in [3.8, 4) is 22.3 Å². The number of rotatable bonds is 5. The maximum absolute atomic E-state index is 2.63. The molecule has 0 fully saturated rings. The van der Waals surface area contributed by atoms with Crippen molar-refractivity contribution < 1.29 is 20.4 Å². The standard InChI is InChI=1S/C18H17.C16H13.C2H6Si.Zr/c1-13(2)16-11-15-9-6-10-17(18(15)12-16)14-7-4-3-5-8-14;1-12-10-14-8-5-9-15(16(14)11-12)13-6-3-2-4-7-13;1-3-2;/h3-13H,1-2H3;2-11H,1H3;1-2H3;. The molecule has 0 heterocycles. The molecule has 0 spiro atoms. The molecule has 0 aliphatic heterocycles. The first-order chi connectivity index (χ1) is 18.5. The van der Waals surface area contributed by atoms with Crippen LogP contribution >= 0.6 is 0 Å². The predicted molar refractivity (Wildman–Crippen MR) is 163 cm³/mol. The molecule has 2 aliphatic carbocycles. The fraction of sp³-hybridized carbons (Fsp3) is 0.222. The van der Waals surface area contributed by atoms with E-state index in [1.807, 2.05) is 0 Å². The van der Waals surface area contributed by atoms with Crippen LogP contribution in [0, 0.1) is 5.92 Å². The molecule has 38 heavy (non-hydrogen) atoms. The Hall–Kier alpha value is -2.54. The number of hydrogen-bond acceptors (Lipinski definition) is 0. The number of hydrogen-bond donors (Lipinski definition) is 0. The van der Waals surface area contributed by atoms with Gasteiger partial charge in [0, 0.05) is 0 Å². The zero-order valence-electron chi connectivity index (χ0n) is 23.1. The van der Waals surface area contributed by atoms with Gasteiger partial charge in [-0.25, -0.2) is 0 Å². The van der Waals surface area contributed by atoms with Gasteiger partial charge in [0.25, 0.3) is 0 Å². The second kappa shape index (κ2) is 10.6. The van der Waals surface area contributed by atoms with Crippen LogP contribution in [0.4, 0.5) is 0 Å². The molecule has 4 aromatic carbocycles. The van der Waals surface area contributed by atoms with Crippen LogP contribution in [0.2, 0.25) is 13.1 Å². The summed E-state index contributed by atoms with van der Waals surface area (Å²) in [6.07, 6.45) is 5.15. The molecule has 0 N–H and O–H groups in total. The quantitative estimate of drug-likeness (QED) is 0.204. The number of benzene rings is 4. The summed E-state index contributed by atoms with van der Waals surface area (Å²) in [5.74, 6) is 0.564. The van der Waals surface area contributed by atoms with E-state index in [-0.39, 0.29) is 0 Å². The normalized spacial score (nSPS) is 17.6. The van der Waals surface area contributed by atoms with E-state index in [2.05, 4.69) is 143 Å². The minimum atomic E-state index is -2.12. The van der Waals surface area contributed by atoms with E-state index < -0.39 is 25.8 Å². The fourth-order valence-electron chi connectivity index (χ4n) is 6.72. The van der Waals surface area contributed by atoms with Crippen molar-refractivity contribution in [2.75, 3.05) is 0 Å². The van der Waals surface area contributed by atoms with Crippen LogP contribution in [0.3, 0.4) is 0 Å². The Morgan fingerprint density at radius 3 is 1.61 bits per heavy atom. The van der Waals surface area contributed by atoms with Gasteiger partial charge in [0.2, 0.25) is 0 Å². The van der Waals surface area contributed by atoms with Crippen LogP contribution in [-0.2, 0) is 20.4 Å². The van der Waals surface area contributed by atoms with E-state index in [1.165, 1.54) is 33.4 Å².